The minimum absolute atomic E-state index is 0.0617. The molecule has 6 nitrogen and oxygen atoms in total. The van der Waals surface area contributed by atoms with Crippen molar-refractivity contribution in [3.05, 3.63) is 35.9 Å². The number of likely N-dealkylation sites (tertiary alicyclic amines) is 1. The fraction of sp³-hybridized carbons (Fsp3) is 0.526. The lowest BCUT2D eigenvalue weighted by atomic mass is 10.1. The molecule has 0 bridgehead atoms. The van der Waals surface area contributed by atoms with Gasteiger partial charge in [0.25, 0.3) is 5.91 Å². The molecule has 2 fully saturated rings. The Morgan fingerprint density at radius 2 is 1.88 bits per heavy atom. The molecule has 25 heavy (non-hydrogen) atoms. The predicted octanol–water partition coefficient (Wildman–Crippen LogP) is 1.81. The lowest BCUT2D eigenvalue weighted by molar-refractivity contribution is -0.158. The molecule has 6 heteroatoms. The van der Waals surface area contributed by atoms with Crippen LogP contribution >= 0.6 is 0 Å². The van der Waals surface area contributed by atoms with Crippen LogP contribution in [0.4, 0.5) is 0 Å². The molecular weight excluding hydrogens is 320 g/mol. The van der Waals surface area contributed by atoms with Gasteiger partial charge in [0.1, 0.15) is 0 Å². The molecule has 1 aliphatic heterocycles. The minimum atomic E-state index is -0.830. The van der Waals surface area contributed by atoms with E-state index in [0.717, 1.165) is 18.4 Å². The van der Waals surface area contributed by atoms with Crippen LogP contribution in [0, 0.1) is 5.92 Å². The molecule has 0 spiro atoms. The number of carbonyl (C=O) groups excluding carboxylic acids is 3. The average Bonchev–Trinajstić information content (AvgIpc) is 3.33. The Morgan fingerprint density at radius 1 is 1.20 bits per heavy atom. The molecule has 2 amide bonds. The number of carbonyl (C=O) groups is 3. The van der Waals surface area contributed by atoms with Crippen LogP contribution in [0.1, 0.15) is 44.7 Å². The van der Waals surface area contributed by atoms with E-state index in [9.17, 15) is 14.4 Å². The van der Waals surface area contributed by atoms with Gasteiger partial charge in [-0.2, -0.15) is 0 Å². The highest BCUT2D eigenvalue weighted by Gasteiger charge is 2.39. The minimum Gasteiger partial charge on any atom is -0.452 e. The fourth-order valence-corrected chi connectivity index (χ4v) is 3.05. The van der Waals surface area contributed by atoms with Gasteiger partial charge in [0.15, 0.2) is 6.10 Å². The van der Waals surface area contributed by atoms with Crippen molar-refractivity contribution < 1.29 is 19.1 Å². The van der Waals surface area contributed by atoms with E-state index in [1.165, 1.54) is 0 Å². The SMILES string of the molecule is C[C@H](OC(=O)[C@H]1CC(=O)N([C@@H](C)c2ccccc2)C1)C(=O)NC1CC1. The molecule has 134 valence electrons. The molecule has 1 aliphatic carbocycles. The summed E-state index contributed by atoms with van der Waals surface area (Å²) in [4.78, 5) is 38.3. The molecule has 1 N–H and O–H groups in total. The molecular formula is C19H24N2O4. The summed E-state index contributed by atoms with van der Waals surface area (Å²) in [6, 6.07) is 9.85. The number of esters is 1. The Balaban J connectivity index is 1.56. The van der Waals surface area contributed by atoms with E-state index < -0.39 is 18.0 Å². The Labute approximate surface area is 147 Å². The average molecular weight is 344 g/mol. The third kappa shape index (κ3) is 4.18. The zero-order valence-corrected chi connectivity index (χ0v) is 14.6. The van der Waals surface area contributed by atoms with Gasteiger partial charge >= 0.3 is 5.97 Å². The molecule has 2 aliphatic rings. The van der Waals surface area contributed by atoms with Crippen molar-refractivity contribution in [1.29, 1.82) is 0 Å². The van der Waals surface area contributed by atoms with Gasteiger partial charge in [-0.1, -0.05) is 30.3 Å². The summed E-state index contributed by atoms with van der Waals surface area (Å²) < 4.78 is 5.28. The van der Waals surface area contributed by atoms with Crippen molar-refractivity contribution in [2.45, 2.75) is 51.3 Å². The molecule has 1 aromatic rings. The van der Waals surface area contributed by atoms with Gasteiger partial charge in [-0.05, 0) is 32.3 Å². The molecule has 0 unspecified atom stereocenters. The summed E-state index contributed by atoms with van der Waals surface area (Å²) in [7, 11) is 0. The predicted molar refractivity (Wildman–Crippen MR) is 91.4 cm³/mol. The second-order valence-electron chi connectivity index (χ2n) is 6.90. The summed E-state index contributed by atoms with van der Waals surface area (Å²) in [5.41, 5.74) is 1.03. The van der Waals surface area contributed by atoms with Crippen molar-refractivity contribution in [2.75, 3.05) is 6.54 Å². The number of amides is 2. The third-order valence-electron chi connectivity index (χ3n) is 4.83. The Bertz CT molecular complexity index is 657. The number of nitrogens with one attached hydrogen (secondary N) is 1. The number of hydrogen-bond acceptors (Lipinski definition) is 4. The molecule has 0 radical (unpaired) electrons. The van der Waals surface area contributed by atoms with Crippen molar-refractivity contribution in [3.63, 3.8) is 0 Å². The molecule has 1 saturated carbocycles. The van der Waals surface area contributed by atoms with Crippen molar-refractivity contribution >= 4 is 17.8 Å². The van der Waals surface area contributed by atoms with E-state index in [2.05, 4.69) is 5.32 Å². The Hall–Kier alpha value is -2.37. The van der Waals surface area contributed by atoms with Crippen LogP contribution in [0.2, 0.25) is 0 Å². The molecule has 1 heterocycles. The van der Waals surface area contributed by atoms with Gasteiger partial charge in [-0.3, -0.25) is 14.4 Å². The van der Waals surface area contributed by atoms with Crippen LogP contribution in [-0.4, -0.2) is 41.4 Å². The normalized spacial score (nSPS) is 22.4. The van der Waals surface area contributed by atoms with Crippen LogP contribution in [0.3, 0.4) is 0 Å². The van der Waals surface area contributed by atoms with E-state index in [-0.39, 0.29) is 30.3 Å². The number of benzene rings is 1. The topological polar surface area (TPSA) is 75.7 Å². The molecule has 3 rings (SSSR count). The van der Waals surface area contributed by atoms with Gasteiger partial charge in [-0.25, -0.2) is 0 Å². The van der Waals surface area contributed by atoms with Gasteiger partial charge < -0.3 is 15.0 Å². The number of ether oxygens (including phenoxy) is 1. The van der Waals surface area contributed by atoms with Crippen LogP contribution in [-0.2, 0) is 19.1 Å². The second kappa shape index (κ2) is 7.25. The van der Waals surface area contributed by atoms with Crippen LogP contribution in [0.15, 0.2) is 30.3 Å². The maximum absolute atomic E-state index is 12.3. The zero-order valence-electron chi connectivity index (χ0n) is 14.6. The first kappa shape index (κ1) is 17.5. The van der Waals surface area contributed by atoms with E-state index in [4.69, 9.17) is 4.74 Å². The number of nitrogens with zero attached hydrogens (tertiary/aromatic N) is 1. The molecule has 1 saturated heterocycles. The van der Waals surface area contributed by atoms with E-state index >= 15 is 0 Å². The first-order chi connectivity index (χ1) is 12.0. The monoisotopic (exact) mass is 344 g/mol. The van der Waals surface area contributed by atoms with Crippen LogP contribution in [0.5, 0.6) is 0 Å². The van der Waals surface area contributed by atoms with Gasteiger partial charge in [0.2, 0.25) is 5.91 Å². The maximum Gasteiger partial charge on any atom is 0.312 e. The lowest BCUT2D eigenvalue weighted by Gasteiger charge is -2.25. The Morgan fingerprint density at radius 3 is 2.52 bits per heavy atom. The fourth-order valence-electron chi connectivity index (χ4n) is 3.05. The summed E-state index contributed by atoms with van der Waals surface area (Å²) in [6.07, 6.45) is 1.27. The highest BCUT2D eigenvalue weighted by atomic mass is 16.5. The van der Waals surface area contributed by atoms with Crippen LogP contribution in [0.25, 0.3) is 0 Å². The summed E-state index contributed by atoms with van der Waals surface area (Å²) in [5, 5.41) is 2.81. The highest BCUT2D eigenvalue weighted by Crippen LogP contribution is 2.29. The number of rotatable bonds is 6. The van der Waals surface area contributed by atoms with Crippen molar-refractivity contribution in [2.24, 2.45) is 5.92 Å². The largest absolute Gasteiger partial charge is 0.452 e. The molecule has 3 atom stereocenters. The van der Waals surface area contributed by atoms with Gasteiger partial charge in [-0.15, -0.1) is 0 Å². The standard InChI is InChI=1S/C19H24N2O4/c1-12(14-6-4-3-5-7-14)21-11-15(10-17(21)22)19(24)25-13(2)18(23)20-16-8-9-16/h3-7,12-13,15-16H,8-11H2,1-2H3,(H,20,23)/t12-,13-,15-/m0/s1. The summed E-state index contributed by atoms with van der Waals surface area (Å²) in [5.74, 6) is -1.33. The first-order valence-electron chi connectivity index (χ1n) is 8.81. The highest BCUT2D eigenvalue weighted by molar-refractivity contribution is 5.89. The zero-order chi connectivity index (χ0) is 18.0. The van der Waals surface area contributed by atoms with Crippen LogP contribution < -0.4 is 5.32 Å². The summed E-state index contributed by atoms with van der Waals surface area (Å²) in [6.45, 7) is 3.84. The maximum atomic E-state index is 12.3. The number of hydrogen-bond donors (Lipinski definition) is 1. The molecule has 0 aromatic heterocycles. The lowest BCUT2D eigenvalue weighted by Crippen LogP contribution is -2.38. The van der Waals surface area contributed by atoms with E-state index in [1.54, 1.807) is 11.8 Å². The van der Waals surface area contributed by atoms with Gasteiger partial charge in [0, 0.05) is 19.0 Å². The smallest absolute Gasteiger partial charge is 0.312 e. The van der Waals surface area contributed by atoms with Crippen molar-refractivity contribution in [3.8, 4) is 0 Å². The van der Waals surface area contributed by atoms with E-state index in [0.29, 0.717) is 6.54 Å². The second-order valence-corrected chi connectivity index (χ2v) is 6.90. The quantitative estimate of drug-likeness (QED) is 0.799. The van der Waals surface area contributed by atoms with E-state index in [1.807, 2.05) is 37.3 Å². The Kier molecular flexibility index (Phi) is 5.06. The summed E-state index contributed by atoms with van der Waals surface area (Å²) >= 11 is 0. The van der Waals surface area contributed by atoms with Gasteiger partial charge in [0.05, 0.1) is 12.0 Å². The third-order valence-corrected chi connectivity index (χ3v) is 4.83. The molecule has 1 aromatic carbocycles. The van der Waals surface area contributed by atoms with Crippen molar-refractivity contribution in [1.82, 2.24) is 10.2 Å². The first-order valence-corrected chi connectivity index (χ1v) is 8.81.